The Morgan fingerprint density at radius 2 is 2.12 bits per heavy atom. The summed E-state index contributed by atoms with van der Waals surface area (Å²) in [4.78, 5) is 0. The second kappa shape index (κ2) is 6.58. The first-order chi connectivity index (χ1) is 7.59. The largest absolute Gasteiger partial charge is 0.330 e. The van der Waals surface area contributed by atoms with E-state index in [4.69, 9.17) is 5.73 Å². The smallest absolute Gasteiger partial charge is 0.0115 e. The monoisotopic (exact) mass is 337 g/mol. The van der Waals surface area contributed by atoms with E-state index >= 15 is 0 Å². The van der Waals surface area contributed by atoms with Crippen molar-refractivity contribution in [3.8, 4) is 0 Å². The van der Waals surface area contributed by atoms with Crippen molar-refractivity contribution in [2.24, 2.45) is 23.0 Å². The van der Waals surface area contributed by atoms with Gasteiger partial charge < -0.3 is 5.73 Å². The maximum absolute atomic E-state index is 6.15. The minimum atomic E-state index is 0.470. The molecule has 0 aliphatic heterocycles. The highest BCUT2D eigenvalue weighted by molar-refractivity contribution is 14.1. The average Bonchev–Trinajstić information content (AvgIpc) is 2.70. The highest BCUT2D eigenvalue weighted by Crippen LogP contribution is 2.51. The second-order valence-electron chi connectivity index (χ2n) is 5.66. The van der Waals surface area contributed by atoms with E-state index in [1.165, 1.54) is 38.5 Å². The Morgan fingerprint density at radius 1 is 1.44 bits per heavy atom. The lowest BCUT2D eigenvalue weighted by Crippen LogP contribution is -2.39. The molecule has 16 heavy (non-hydrogen) atoms. The third-order valence-corrected chi connectivity index (χ3v) is 5.54. The van der Waals surface area contributed by atoms with E-state index in [1.807, 2.05) is 0 Å². The normalized spacial score (nSPS) is 33.9. The van der Waals surface area contributed by atoms with Gasteiger partial charge in [0, 0.05) is 3.92 Å². The molecule has 1 saturated carbocycles. The van der Waals surface area contributed by atoms with E-state index in [2.05, 4.69) is 43.4 Å². The molecule has 0 radical (unpaired) electrons. The Balaban J connectivity index is 2.77. The summed E-state index contributed by atoms with van der Waals surface area (Å²) in [5.41, 5.74) is 6.62. The molecule has 1 nitrogen and oxygen atoms in total. The van der Waals surface area contributed by atoms with Gasteiger partial charge in [0.2, 0.25) is 0 Å². The molecule has 0 aromatic heterocycles. The van der Waals surface area contributed by atoms with Crippen LogP contribution in [-0.2, 0) is 0 Å². The number of alkyl halides is 1. The summed E-state index contributed by atoms with van der Waals surface area (Å²) in [7, 11) is 0. The Morgan fingerprint density at radius 3 is 2.50 bits per heavy atom. The van der Waals surface area contributed by atoms with Crippen molar-refractivity contribution in [3.05, 3.63) is 0 Å². The summed E-state index contributed by atoms with van der Waals surface area (Å²) in [6.45, 7) is 7.92. The number of halogens is 1. The standard InChI is InChI=1S/C14H28IN/c1-4-6-13(11(3)15)14(10-16)8-7-12(5-2)9-14/h11-13H,4-10,16H2,1-3H3. The zero-order chi connectivity index (χ0) is 12.2. The Bertz CT molecular complexity index is 205. The molecular formula is C14H28IN. The van der Waals surface area contributed by atoms with Crippen LogP contribution in [0, 0.1) is 17.3 Å². The summed E-state index contributed by atoms with van der Waals surface area (Å²) in [5.74, 6) is 1.78. The van der Waals surface area contributed by atoms with Gasteiger partial charge in [-0.2, -0.15) is 0 Å². The molecule has 0 amide bonds. The predicted octanol–water partition coefficient (Wildman–Crippen LogP) is 4.38. The number of nitrogens with two attached hydrogens (primary N) is 1. The van der Waals surface area contributed by atoms with Crippen molar-refractivity contribution < 1.29 is 0 Å². The maximum atomic E-state index is 6.15. The summed E-state index contributed by atoms with van der Waals surface area (Å²) in [6.07, 6.45) is 8.18. The van der Waals surface area contributed by atoms with Gasteiger partial charge in [0.1, 0.15) is 0 Å². The number of rotatable bonds is 6. The summed E-state index contributed by atoms with van der Waals surface area (Å²) in [5, 5.41) is 0. The van der Waals surface area contributed by atoms with Crippen LogP contribution in [0.2, 0.25) is 0 Å². The fourth-order valence-electron chi connectivity index (χ4n) is 3.63. The van der Waals surface area contributed by atoms with Gasteiger partial charge in [-0.1, -0.05) is 56.2 Å². The maximum Gasteiger partial charge on any atom is 0.0115 e. The molecule has 0 aromatic carbocycles. The average molecular weight is 337 g/mol. The van der Waals surface area contributed by atoms with Crippen LogP contribution in [0.15, 0.2) is 0 Å². The molecule has 4 atom stereocenters. The van der Waals surface area contributed by atoms with Crippen LogP contribution in [0.25, 0.3) is 0 Å². The van der Waals surface area contributed by atoms with Crippen LogP contribution in [0.1, 0.15) is 59.3 Å². The predicted molar refractivity (Wildman–Crippen MR) is 81.0 cm³/mol. The first-order valence-corrected chi connectivity index (χ1v) is 8.18. The lowest BCUT2D eigenvalue weighted by Gasteiger charge is -2.39. The van der Waals surface area contributed by atoms with Gasteiger partial charge in [0.05, 0.1) is 0 Å². The lowest BCUT2D eigenvalue weighted by molar-refractivity contribution is 0.159. The molecule has 0 aromatic rings. The highest BCUT2D eigenvalue weighted by Gasteiger charge is 2.44. The van der Waals surface area contributed by atoms with Crippen LogP contribution in [0.4, 0.5) is 0 Å². The first kappa shape index (κ1) is 14.7. The molecular weight excluding hydrogens is 309 g/mol. The van der Waals surface area contributed by atoms with E-state index in [-0.39, 0.29) is 0 Å². The van der Waals surface area contributed by atoms with E-state index in [0.29, 0.717) is 5.41 Å². The molecule has 1 aliphatic rings. The second-order valence-corrected chi connectivity index (χ2v) is 7.62. The lowest BCUT2D eigenvalue weighted by atomic mass is 9.70. The fourth-order valence-corrected chi connectivity index (χ4v) is 4.75. The zero-order valence-electron chi connectivity index (χ0n) is 11.1. The molecule has 2 heteroatoms. The van der Waals surface area contributed by atoms with E-state index in [0.717, 1.165) is 22.3 Å². The molecule has 0 spiro atoms. The minimum absolute atomic E-state index is 0.470. The van der Waals surface area contributed by atoms with Crippen molar-refractivity contribution in [1.82, 2.24) is 0 Å². The molecule has 0 saturated heterocycles. The van der Waals surface area contributed by atoms with E-state index in [1.54, 1.807) is 0 Å². The van der Waals surface area contributed by atoms with Crippen LogP contribution in [0.3, 0.4) is 0 Å². The zero-order valence-corrected chi connectivity index (χ0v) is 13.3. The van der Waals surface area contributed by atoms with Crippen molar-refractivity contribution >= 4 is 22.6 Å². The molecule has 1 rings (SSSR count). The molecule has 4 unspecified atom stereocenters. The SMILES string of the molecule is CCCC(C(C)I)C1(CN)CCC(CC)C1. The summed E-state index contributed by atoms with van der Waals surface area (Å²) in [6, 6.07) is 0. The summed E-state index contributed by atoms with van der Waals surface area (Å²) >= 11 is 2.61. The molecule has 1 aliphatic carbocycles. The number of hydrogen-bond acceptors (Lipinski definition) is 1. The van der Waals surface area contributed by atoms with Crippen LogP contribution in [0.5, 0.6) is 0 Å². The molecule has 0 bridgehead atoms. The van der Waals surface area contributed by atoms with Crippen molar-refractivity contribution in [3.63, 3.8) is 0 Å². The Kier molecular flexibility index (Phi) is 6.06. The molecule has 1 fully saturated rings. The minimum Gasteiger partial charge on any atom is -0.330 e. The van der Waals surface area contributed by atoms with Crippen molar-refractivity contribution in [2.75, 3.05) is 6.54 Å². The van der Waals surface area contributed by atoms with Gasteiger partial charge in [0.25, 0.3) is 0 Å². The quantitative estimate of drug-likeness (QED) is 0.565. The molecule has 2 N–H and O–H groups in total. The van der Waals surface area contributed by atoms with Gasteiger partial charge in [-0.3, -0.25) is 0 Å². The van der Waals surface area contributed by atoms with Gasteiger partial charge in [-0.05, 0) is 49.5 Å². The first-order valence-electron chi connectivity index (χ1n) is 6.93. The molecule has 96 valence electrons. The topological polar surface area (TPSA) is 26.0 Å². The number of hydrogen-bond donors (Lipinski definition) is 1. The Hall–Kier alpha value is 0.690. The van der Waals surface area contributed by atoms with Crippen molar-refractivity contribution in [2.45, 2.75) is 63.2 Å². The fraction of sp³-hybridized carbons (Fsp3) is 1.00. The van der Waals surface area contributed by atoms with E-state index in [9.17, 15) is 0 Å². The van der Waals surface area contributed by atoms with Gasteiger partial charge >= 0.3 is 0 Å². The van der Waals surface area contributed by atoms with E-state index < -0.39 is 0 Å². The van der Waals surface area contributed by atoms with Crippen LogP contribution < -0.4 is 5.73 Å². The third kappa shape index (κ3) is 3.12. The molecule has 0 heterocycles. The summed E-state index contributed by atoms with van der Waals surface area (Å²) < 4.78 is 0.761. The van der Waals surface area contributed by atoms with Gasteiger partial charge in [0.15, 0.2) is 0 Å². The third-order valence-electron chi connectivity index (χ3n) is 4.67. The van der Waals surface area contributed by atoms with Gasteiger partial charge in [-0.15, -0.1) is 0 Å². The van der Waals surface area contributed by atoms with Crippen LogP contribution in [-0.4, -0.2) is 10.5 Å². The Labute approximate surface area is 115 Å². The van der Waals surface area contributed by atoms with Crippen molar-refractivity contribution in [1.29, 1.82) is 0 Å². The van der Waals surface area contributed by atoms with Crippen LogP contribution >= 0.6 is 22.6 Å². The highest BCUT2D eigenvalue weighted by atomic mass is 127. The van der Waals surface area contributed by atoms with Gasteiger partial charge in [-0.25, -0.2) is 0 Å².